The molecule has 0 saturated carbocycles. The fourth-order valence-corrected chi connectivity index (χ4v) is 1.27. The number of carbonyl (C=O) groups is 1. The van der Waals surface area contributed by atoms with E-state index in [1.54, 1.807) is 19.9 Å². The Morgan fingerprint density at radius 3 is 2.53 bits per heavy atom. The van der Waals surface area contributed by atoms with E-state index in [0.717, 1.165) is 12.4 Å². The van der Waals surface area contributed by atoms with E-state index in [2.05, 4.69) is 20.6 Å². The van der Waals surface area contributed by atoms with Crippen molar-refractivity contribution in [3.05, 3.63) is 11.9 Å². The summed E-state index contributed by atoms with van der Waals surface area (Å²) in [5.74, 6) is 0.754. The van der Waals surface area contributed by atoms with Crippen LogP contribution in [0.4, 0.5) is 11.6 Å². The van der Waals surface area contributed by atoms with E-state index in [1.165, 1.54) is 0 Å². The van der Waals surface area contributed by atoms with Crippen molar-refractivity contribution in [3.63, 3.8) is 0 Å². The first-order chi connectivity index (χ1) is 8.02. The highest BCUT2D eigenvalue weighted by atomic mass is 16.4. The lowest BCUT2D eigenvalue weighted by Crippen LogP contribution is -2.20. The quantitative estimate of drug-likeness (QED) is 0.693. The maximum absolute atomic E-state index is 10.7. The Bertz CT molecular complexity index is 395. The zero-order valence-electron chi connectivity index (χ0n) is 10.3. The number of carboxylic acids is 1. The highest BCUT2D eigenvalue weighted by Crippen LogP contribution is 2.11. The number of hydrogen-bond acceptors (Lipinski definition) is 5. The van der Waals surface area contributed by atoms with E-state index in [0.29, 0.717) is 18.2 Å². The molecule has 1 unspecified atom stereocenters. The number of carboxylic acid groups (broad SMARTS) is 1. The van der Waals surface area contributed by atoms with E-state index < -0.39 is 11.9 Å². The van der Waals surface area contributed by atoms with Crippen molar-refractivity contribution in [2.75, 3.05) is 23.7 Å². The van der Waals surface area contributed by atoms with E-state index in [-0.39, 0.29) is 0 Å². The number of anilines is 2. The van der Waals surface area contributed by atoms with Crippen molar-refractivity contribution in [3.8, 4) is 0 Å². The molecule has 6 nitrogen and oxygen atoms in total. The Morgan fingerprint density at radius 1 is 1.41 bits per heavy atom. The molecule has 0 saturated heterocycles. The van der Waals surface area contributed by atoms with Gasteiger partial charge in [-0.05, 0) is 13.8 Å². The van der Waals surface area contributed by atoms with Gasteiger partial charge >= 0.3 is 5.97 Å². The fourth-order valence-electron chi connectivity index (χ4n) is 1.27. The molecule has 1 heterocycles. The largest absolute Gasteiger partial charge is 0.481 e. The minimum atomic E-state index is -0.824. The fraction of sp³-hybridized carbons (Fsp3) is 0.545. The third-order valence-electron chi connectivity index (χ3n) is 2.21. The summed E-state index contributed by atoms with van der Waals surface area (Å²) in [5, 5.41) is 14.9. The van der Waals surface area contributed by atoms with Crippen LogP contribution in [0.15, 0.2) is 6.07 Å². The van der Waals surface area contributed by atoms with Crippen molar-refractivity contribution in [2.45, 2.75) is 20.8 Å². The van der Waals surface area contributed by atoms with Gasteiger partial charge < -0.3 is 15.7 Å². The molecule has 0 aliphatic carbocycles. The topological polar surface area (TPSA) is 87.1 Å². The molecule has 0 aliphatic heterocycles. The minimum Gasteiger partial charge on any atom is -0.481 e. The van der Waals surface area contributed by atoms with Crippen molar-refractivity contribution >= 4 is 17.6 Å². The zero-order chi connectivity index (χ0) is 12.8. The molecule has 0 bridgehead atoms. The van der Waals surface area contributed by atoms with Crippen LogP contribution in [-0.2, 0) is 4.79 Å². The van der Waals surface area contributed by atoms with Gasteiger partial charge in [-0.25, -0.2) is 9.97 Å². The van der Waals surface area contributed by atoms with E-state index in [4.69, 9.17) is 5.11 Å². The first-order valence-electron chi connectivity index (χ1n) is 5.59. The molecule has 17 heavy (non-hydrogen) atoms. The molecule has 0 fully saturated rings. The van der Waals surface area contributed by atoms with Crippen LogP contribution < -0.4 is 10.6 Å². The summed E-state index contributed by atoms with van der Waals surface area (Å²) in [5.41, 5.74) is 0. The Labute approximate surface area is 100 Å². The Morgan fingerprint density at radius 2 is 2.00 bits per heavy atom. The van der Waals surface area contributed by atoms with Gasteiger partial charge in [0.25, 0.3) is 0 Å². The second kappa shape index (κ2) is 6.03. The molecule has 1 aromatic heterocycles. The van der Waals surface area contributed by atoms with Crippen molar-refractivity contribution in [1.29, 1.82) is 0 Å². The molecular weight excluding hydrogens is 220 g/mol. The van der Waals surface area contributed by atoms with Gasteiger partial charge in [-0.2, -0.15) is 0 Å². The molecule has 0 radical (unpaired) electrons. The maximum Gasteiger partial charge on any atom is 0.308 e. The standard InChI is InChI=1S/C11H18N4O2/c1-4-12-9-5-10(15-8(3)14-9)13-6-7(2)11(16)17/h5,7H,4,6H2,1-3H3,(H,16,17)(H2,12,13,14,15). The Hall–Kier alpha value is -1.85. The number of aliphatic carboxylic acids is 1. The van der Waals surface area contributed by atoms with Crippen molar-refractivity contribution in [2.24, 2.45) is 5.92 Å². The molecule has 0 aromatic carbocycles. The summed E-state index contributed by atoms with van der Waals surface area (Å²) in [6.45, 7) is 6.55. The molecule has 6 heteroatoms. The predicted molar refractivity (Wildman–Crippen MR) is 66.2 cm³/mol. The van der Waals surface area contributed by atoms with E-state index in [9.17, 15) is 4.79 Å². The van der Waals surface area contributed by atoms with Gasteiger partial charge in [0, 0.05) is 19.2 Å². The number of hydrogen-bond donors (Lipinski definition) is 3. The van der Waals surface area contributed by atoms with Crippen LogP contribution in [-0.4, -0.2) is 34.1 Å². The van der Waals surface area contributed by atoms with Gasteiger partial charge in [0.15, 0.2) is 0 Å². The molecule has 0 amide bonds. The summed E-state index contributed by atoms with van der Waals surface area (Å²) in [6.07, 6.45) is 0. The summed E-state index contributed by atoms with van der Waals surface area (Å²) in [6, 6.07) is 1.77. The first-order valence-corrected chi connectivity index (χ1v) is 5.59. The van der Waals surface area contributed by atoms with Gasteiger partial charge in [-0.3, -0.25) is 4.79 Å². The average molecular weight is 238 g/mol. The minimum absolute atomic E-state index is 0.345. The SMILES string of the molecule is CCNc1cc(NCC(C)C(=O)O)nc(C)n1. The normalized spacial score (nSPS) is 11.9. The van der Waals surface area contributed by atoms with Crippen molar-refractivity contribution in [1.82, 2.24) is 9.97 Å². The second-order valence-electron chi connectivity index (χ2n) is 3.84. The van der Waals surface area contributed by atoms with Gasteiger partial charge in [0.2, 0.25) is 0 Å². The Balaban J connectivity index is 2.67. The number of rotatable bonds is 6. The number of nitrogens with one attached hydrogen (secondary N) is 2. The van der Waals surface area contributed by atoms with Crippen LogP contribution >= 0.6 is 0 Å². The summed E-state index contributed by atoms with van der Waals surface area (Å²) < 4.78 is 0. The lowest BCUT2D eigenvalue weighted by Gasteiger charge is -2.11. The average Bonchev–Trinajstić information content (AvgIpc) is 2.25. The zero-order valence-corrected chi connectivity index (χ0v) is 10.3. The van der Waals surface area contributed by atoms with Crippen molar-refractivity contribution < 1.29 is 9.90 Å². The predicted octanol–water partition coefficient (Wildman–Crippen LogP) is 1.35. The highest BCUT2D eigenvalue weighted by molar-refractivity contribution is 5.70. The molecule has 0 spiro atoms. The lowest BCUT2D eigenvalue weighted by atomic mass is 10.2. The number of nitrogens with zero attached hydrogens (tertiary/aromatic N) is 2. The van der Waals surface area contributed by atoms with E-state index in [1.807, 2.05) is 6.92 Å². The molecule has 1 atom stereocenters. The first kappa shape index (κ1) is 13.2. The van der Waals surface area contributed by atoms with Gasteiger partial charge in [-0.1, -0.05) is 6.92 Å². The molecule has 94 valence electrons. The molecule has 3 N–H and O–H groups in total. The molecular formula is C11H18N4O2. The summed E-state index contributed by atoms with van der Waals surface area (Å²) >= 11 is 0. The third-order valence-corrected chi connectivity index (χ3v) is 2.21. The van der Waals surface area contributed by atoms with Crippen LogP contribution in [0.3, 0.4) is 0 Å². The lowest BCUT2D eigenvalue weighted by molar-refractivity contribution is -0.140. The molecule has 1 aromatic rings. The summed E-state index contributed by atoms with van der Waals surface area (Å²) in [4.78, 5) is 19.1. The third kappa shape index (κ3) is 4.26. The highest BCUT2D eigenvalue weighted by Gasteiger charge is 2.10. The second-order valence-corrected chi connectivity index (χ2v) is 3.84. The van der Waals surface area contributed by atoms with Gasteiger partial charge in [0.05, 0.1) is 5.92 Å². The molecule has 1 rings (SSSR count). The van der Waals surface area contributed by atoms with Gasteiger partial charge in [-0.15, -0.1) is 0 Å². The van der Waals surface area contributed by atoms with Crippen LogP contribution in [0, 0.1) is 12.8 Å². The van der Waals surface area contributed by atoms with Crippen LogP contribution in [0.2, 0.25) is 0 Å². The van der Waals surface area contributed by atoms with Crippen LogP contribution in [0.25, 0.3) is 0 Å². The maximum atomic E-state index is 10.7. The number of aromatic nitrogens is 2. The smallest absolute Gasteiger partial charge is 0.308 e. The van der Waals surface area contributed by atoms with Crippen LogP contribution in [0.1, 0.15) is 19.7 Å². The van der Waals surface area contributed by atoms with Gasteiger partial charge in [0.1, 0.15) is 17.5 Å². The molecule has 0 aliphatic rings. The van der Waals surface area contributed by atoms with Crippen LogP contribution in [0.5, 0.6) is 0 Å². The number of aryl methyl sites for hydroxylation is 1. The van der Waals surface area contributed by atoms with E-state index >= 15 is 0 Å². The monoisotopic (exact) mass is 238 g/mol. The Kier molecular flexibility index (Phi) is 4.68. The summed E-state index contributed by atoms with van der Waals surface area (Å²) in [7, 11) is 0.